The molecule has 2 fully saturated rings. The number of hydrogen-bond acceptors (Lipinski definition) is 18. The lowest BCUT2D eigenvalue weighted by Gasteiger charge is -2.36. The highest BCUT2D eigenvalue weighted by Gasteiger charge is 2.56. The van der Waals surface area contributed by atoms with Gasteiger partial charge in [0.2, 0.25) is 6.23 Å². The Bertz CT molecular complexity index is 1650. The van der Waals surface area contributed by atoms with Crippen LogP contribution in [-0.4, -0.2) is 48.0 Å². The summed E-state index contributed by atoms with van der Waals surface area (Å²) < 4.78 is 86.9. The molecule has 9 atom stereocenters. The fraction of sp³-hybridized carbons (Fsp3) is 0.583. The van der Waals surface area contributed by atoms with E-state index in [0.29, 0.717) is 17.9 Å². The first-order valence-electron chi connectivity index (χ1n) is 14.4. The normalized spacial score (nSPS) is 27.5. The number of ether oxygens (including phenoxy) is 3. The smallest absolute Gasteiger partial charge is 0.498 e. The number of phosphoric acid groups is 4. The van der Waals surface area contributed by atoms with Crippen LogP contribution in [0.15, 0.2) is 52.4 Å². The zero-order valence-corrected chi connectivity index (χ0v) is 30.0. The Hall–Kier alpha value is -1.11. The van der Waals surface area contributed by atoms with Gasteiger partial charge in [-0.3, -0.25) is 18.3 Å². The second-order valence-corrected chi connectivity index (χ2v) is 17.7. The van der Waals surface area contributed by atoms with Gasteiger partial charge in [0.1, 0.15) is 18.4 Å². The van der Waals surface area contributed by atoms with E-state index in [1.807, 2.05) is 37.3 Å². The Morgan fingerprint density at radius 1 is 0.896 bits per heavy atom. The molecule has 0 bridgehead atoms. The van der Waals surface area contributed by atoms with Crippen LogP contribution in [0.25, 0.3) is 0 Å². The van der Waals surface area contributed by atoms with E-state index in [4.69, 9.17) is 14.2 Å². The highest BCUT2D eigenvalue weighted by atomic mass is 32.2. The van der Waals surface area contributed by atoms with Gasteiger partial charge in [0.15, 0.2) is 17.4 Å². The number of aromatic nitrogens is 2. The third-order valence-corrected chi connectivity index (χ3v) is 13.4. The SMILES string of the molecule is CCCSc1cc[n+]([C@@H]2O[C@H](COP(=O)([O-])OP(=O)([O-])OP(=O)([O-])OP(=O)([O-])OC(C)C)C3OC(CCc4ccccc4)O[C@@H]32)c(=O)[nH]1. The fourth-order valence-electron chi connectivity index (χ4n) is 4.61. The summed E-state index contributed by atoms with van der Waals surface area (Å²) in [6.07, 6.45) is -3.02. The van der Waals surface area contributed by atoms with E-state index in [2.05, 4.69) is 27.0 Å². The summed E-state index contributed by atoms with van der Waals surface area (Å²) in [5.74, 6) is 0.758. The summed E-state index contributed by atoms with van der Waals surface area (Å²) in [7, 11) is -24.3. The predicted octanol–water partition coefficient (Wildman–Crippen LogP) is 1.17. The molecular weight excluding hydrogens is 744 g/mol. The number of nitrogens with one attached hydrogen (secondary N) is 1. The second kappa shape index (κ2) is 16.5. The van der Waals surface area contributed by atoms with Crippen LogP contribution in [0.4, 0.5) is 0 Å². The topological polar surface area (TPSA) is 271 Å². The first-order valence-corrected chi connectivity index (χ1v) is 21.2. The van der Waals surface area contributed by atoms with Gasteiger partial charge in [-0.05, 0) is 32.3 Å². The molecule has 24 heteroatoms. The Labute approximate surface area is 279 Å². The van der Waals surface area contributed by atoms with Crippen molar-refractivity contribution in [2.45, 2.75) is 82.0 Å². The Balaban J connectivity index is 1.45. The standard InChI is InChI=1S/C24H36N2O17P4S/c1-4-14-48-19-12-13-26(24(27)25-19)23-22-21(38-20(39-22)11-10-17-8-6-5-7-9-17)18(37-23)15-36-44(28,29)41-46(32,33)43-47(34,35)42-45(30,31)40-16(2)3/h5-9,12-13,16,18,20-23H,4,10-11,14-15H2,1-3H3,(H4,28,29,30,31,32,33,34,35)/p-3/t18-,20?,21?,22+,23-/m1/s1. The largest absolute Gasteiger partial charge is 0.756 e. The molecule has 2 aliphatic rings. The van der Waals surface area contributed by atoms with E-state index in [9.17, 15) is 42.6 Å². The van der Waals surface area contributed by atoms with Crippen molar-refractivity contribution in [1.29, 1.82) is 0 Å². The molecule has 48 heavy (non-hydrogen) atoms. The van der Waals surface area contributed by atoms with Crippen molar-refractivity contribution in [3.63, 3.8) is 0 Å². The summed E-state index contributed by atoms with van der Waals surface area (Å²) in [5, 5.41) is 0.601. The van der Waals surface area contributed by atoms with Crippen LogP contribution >= 0.6 is 43.1 Å². The number of hydrogen-bond donors (Lipinski definition) is 1. The molecule has 0 amide bonds. The summed E-state index contributed by atoms with van der Waals surface area (Å²) >= 11 is 1.43. The lowest BCUT2D eigenvalue weighted by molar-refractivity contribution is -0.780. The van der Waals surface area contributed by atoms with Crippen LogP contribution in [0, 0.1) is 0 Å². The molecule has 6 unspecified atom stereocenters. The second-order valence-electron chi connectivity index (χ2n) is 10.6. The zero-order chi connectivity index (χ0) is 35.3. The molecule has 270 valence electrons. The van der Waals surface area contributed by atoms with Gasteiger partial charge in [-0.1, -0.05) is 49.0 Å². The lowest BCUT2D eigenvalue weighted by Crippen LogP contribution is -2.58. The molecule has 0 radical (unpaired) electrons. The van der Waals surface area contributed by atoms with Crippen molar-refractivity contribution in [3.8, 4) is 0 Å². The van der Waals surface area contributed by atoms with Crippen LogP contribution < -0.4 is 29.8 Å². The van der Waals surface area contributed by atoms with E-state index in [0.717, 1.165) is 17.7 Å². The van der Waals surface area contributed by atoms with E-state index in [-0.39, 0.29) is 0 Å². The third kappa shape index (κ3) is 11.7. The Kier molecular flexibility index (Phi) is 13.6. The van der Waals surface area contributed by atoms with Crippen molar-refractivity contribution in [2.24, 2.45) is 0 Å². The maximum Gasteiger partial charge on any atom is 0.498 e. The van der Waals surface area contributed by atoms with Gasteiger partial charge < -0.3 is 42.8 Å². The van der Waals surface area contributed by atoms with Crippen molar-refractivity contribution < 1.29 is 78.6 Å². The molecule has 0 saturated carbocycles. The van der Waals surface area contributed by atoms with Gasteiger partial charge in [-0.25, -0.2) is 12.9 Å². The van der Waals surface area contributed by atoms with Gasteiger partial charge in [0, 0.05) is 18.2 Å². The van der Waals surface area contributed by atoms with E-state index in [1.54, 1.807) is 6.07 Å². The minimum atomic E-state index is -6.38. The average molecular weight is 777 g/mol. The number of thioether (sulfide) groups is 1. The number of H-pyrrole nitrogens is 1. The van der Waals surface area contributed by atoms with E-state index in [1.165, 1.54) is 36.4 Å². The minimum Gasteiger partial charge on any atom is -0.756 e. The van der Waals surface area contributed by atoms with E-state index < -0.39 is 80.5 Å². The highest BCUT2D eigenvalue weighted by molar-refractivity contribution is 7.99. The number of aryl methyl sites for hydroxylation is 1. The maximum atomic E-state index is 13.0. The maximum absolute atomic E-state index is 13.0. The van der Waals surface area contributed by atoms with Crippen LogP contribution in [0.3, 0.4) is 0 Å². The minimum absolute atomic E-state index is 0.376. The third-order valence-electron chi connectivity index (χ3n) is 6.34. The number of nitrogens with zero attached hydrogens (tertiary/aromatic N) is 1. The lowest BCUT2D eigenvalue weighted by atomic mass is 10.1. The Morgan fingerprint density at radius 3 is 2.15 bits per heavy atom. The summed E-state index contributed by atoms with van der Waals surface area (Å²) in [5.41, 5.74) is 0.429. The van der Waals surface area contributed by atoms with Crippen LogP contribution in [0.5, 0.6) is 0 Å². The fourth-order valence-corrected chi connectivity index (χ4v) is 10.3. The molecule has 2 aliphatic heterocycles. The number of fused-ring (bicyclic) bond motifs is 1. The van der Waals surface area contributed by atoms with Crippen molar-refractivity contribution in [3.05, 3.63) is 58.6 Å². The molecule has 0 spiro atoms. The highest BCUT2D eigenvalue weighted by Crippen LogP contribution is 2.67. The van der Waals surface area contributed by atoms with Crippen LogP contribution in [-0.2, 0) is 60.9 Å². The van der Waals surface area contributed by atoms with E-state index >= 15 is 0 Å². The zero-order valence-electron chi connectivity index (χ0n) is 25.6. The first kappa shape index (κ1) is 39.7. The molecule has 2 saturated heterocycles. The molecule has 3 heterocycles. The number of rotatable bonds is 18. The van der Waals surface area contributed by atoms with Gasteiger partial charge in [-0.2, -0.15) is 14.3 Å². The van der Waals surface area contributed by atoms with Crippen molar-refractivity contribution in [2.75, 3.05) is 12.4 Å². The summed E-state index contributed by atoms with van der Waals surface area (Å²) in [6.45, 7) is 3.43. The Morgan fingerprint density at radius 2 is 1.52 bits per heavy atom. The predicted molar refractivity (Wildman–Crippen MR) is 156 cm³/mol. The number of benzene rings is 1. The molecule has 1 aromatic carbocycles. The van der Waals surface area contributed by atoms with Gasteiger partial charge in [0.25, 0.3) is 31.3 Å². The van der Waals surface area contributed by atoms with Gasteiger partial charge >= 0.3 is 5.69 Å². The summed E-state index contributed by atoms with van der Waals surface area (Å²) in [6, 6.07) is 11.1. The number of phosphoric ester groups is 2. The van der Waals surface area contributed by atoms with Gasteiger partial charge in [-0.15, -0.1) is 0 Å². The number of aromatic amines is 1. The quantitative estimate of drug-likeness (QED) is 0.0963. The summed E-state index contributed by atoms with van der Waals surface area (Å²) in [4.78, 5) is 63.7. The molecule has 19 nitrogen and oxygen atoms in total. The molecule has 1 N–H and O–H groups in total. The van der Waals surface area contributed by atoms with Gasteiger partial charge in [0.05, 0.1) is 12.7 Å². The molecule has 2 aromatic rings. The first-order chi connectivity index (χ1) is 22.4. The molecular formula is C24H33N2O17P4S-3. The van der Waals surface area contributed by atoms with Crippen LogP contribution in [0.2, 0.25) is 0 Å². The monoisotopic (exact) mass is 777 g/mol. The average Bonchev–Trinajstić information content (AvgIpc) is 3.51. The molecule has 1 aromatic heterocycles. The van der Waals surface area contributed by atoms with Crippen LogP contribution in [0.1, 0.15) is 45.4 Å². The van der Waals surface area contributed by atoms with Crippen molar-refractivity contribution in [1.82, 2.24) is 4.98 Å². The molecule has 0 aliphatic carbocycles. The molecule has 4 rings (SSSR count). The van der Waals surface area contributed by atoms with Crippen molar-refractivity contribution >= 4 is 43.1 Å².